The number of nitrogens with one attached hydrogen (secondary N) is 1. The highest BCUT2D eigenvalue weighted by Gasteiger charge is 2.19. The maximum Gasteiger partial charge on any atom is 0.161 e. The number of amidine groups is 1. The summed E-state index contributed by atoms with van der Waals surface area (Å²) in [6.07, 6.45) is 1.07. The van der Waals surface area contributed by atoms with Crippen LogP contribution in [0.5, 0.6) is 0 Å². The molecular weight excluding hydrogens is 271 g/mol. The van der Waals surface area contributed by atoms with Gasteiger partial charge < -0.3 is 5.32 Å². The van der Waals surface area contributed by atoms with Crippen LogP contribution in [0.1, 0.15) is 20.3 Å². The van der Waals surface area contributed by atoms with Crippen LogP contribution in [-0.2, 0) is 0 Å². The van der Waals surface area contributed by atoms with Crippen molar-refractivity contribution in [1.29, 1.82) is 0 Å². The quantitative estimate of drug-likeness (QED) is 0.890. The summed E-state index contributed by atoms with van der Waals surface area (Å²) in [5.74, 6) is 1.25. The molecule has 0 spiro atoms. The van der Waals surface area contributed by atoms with Gasteiger partial charge in [-0.2, -0.15) is 0 Å². The van der Waals surface area contributed by atoms with Gasteiger partial charge in [0.05, 0.1) is 11.7 Å². The topological polar surface area (TPSA) is 24.4 Å². The molecule has 0 bridgehead atoms. The van der Waals surface area contributed by atoms with E-state index in [-0.39, 0.29) is 5.82 Å². The zero-order valence-electron chi connectivity index (χ0n) is 10.4. The third kappa shape index (κ3) is 3.62. The first-order chi connectivity index (χ1) is 8.54. The van der Waals surface area contributed by atoms with Crippen molar-refractivity contribution in [2.45, 2.75) is 26.3 Å². The Morgan fingerprint density at radius 1 is 1.56 bits per heavy atom. The van der Waals surface area contributed by atoms with Gasteiger partial charge in [0.1, 0.15) is 5.82 Å². The molecule has 2 rings (SSSR count). The first-order valence-corrected chi connectivity index (χ1v) is 7.33. The molecule has 0 fully saturated rings. The Morgan fingerprint density at radius 3 is 3.00 bits per heavy atom. The standard InChI is InChI=1S/C13H16ClFN2S/c1-8(2)5-10-7-18-13(16-10)17-12-4-3-9(14)6-11(12)15/h3-4,6,8,10H,5,7H2,1-2H3,(H,16,17). The molecule has 0 aromatic heterocycles. The zero-order valence-corrected chi connectivity index (χ0v) is 12.0. The van der Waals surface area contributed by atoms with Gasteiger partial charge in [-0.15, -0.1) is 0 Å². The molecule has 0 aliphatic carbocycles. The van der Waals surface area contributed by atoms with Gasteiger partial charge in [0.25, 0.3) is 0 Å². The van der Waals surface area contributed by atoms with Crippen LogP contribution >= 0.6 is 23.4 Å². The number of thioether (sulfide) groups is 1. The van der Waals surface area contributed by atoms with Crippen molar-refractivity contribution in [3.05, 3.63) is 29.0 Å². The summed E-state index contributed by atoms with van der Waals surface area (Å²) >= 11 is 7.35. The van der Waals surface area contributed by atoms with Crippen molar-refractivity contribution >= 4 is 34.2 Å². The predicted octanol–water partition coefficient (Wildman–Crippen LogP) is 4.41. The van der Waals surface area contributed by atoms with E-state index in [1.165, 1.54) is 6.07 Å². The predicted molar refractivity (Wildman–Crippen MR) is 78.2 cm³/mol. The largest absolute Gasteiger partial charge is 0.333 e. The molecule has 1 heterocycles. The van der Waals surface area contributed by atoms with Crippen LogP contribution in [0.2, 0.25) is 5.02 Å². The lowest BCUT2D eigenvalue weighted by molar-refractivity contribution is 0.529. The molecular formula is C13H16ClFN2S. The van der Waals surface area contributed by atoms with Crippen LogP contribution in [0.15, 0.2) is 23.2 Å². The van der Waals surface area contributed by atoms with Gasteiger partial charge in [-0.1, -0.05) is 37.2 Å². The fraction of sp³-hybridized carbons (Fsp3) is 0.462. The molecule has 98 valence electrons. The molecule has 1 aromatic rings. The van der Waals surface area contributed by atoms with E-state index in [1.54, 1.807) is 23.9 Å². The lowest BCUT2D eigenvalue weighted by Gasteiger charge is -2.07. The fourth-order valence-corrected chi connectivity index (χ4v) is 2.98. The molecule has 0 amide bonds. The van der Waals surface area contributed by atoms with Gasteiger partial charge in [-0.3, -0.25) is 4.99 Å². The Labute approximate surface area is 116 Å². The van der Waals surface area contributed by atoms with Gasteiger partial charge in [-0.25, -0.2) is 4.39 Å². The average Bonchev–Trinajstić information content (AvgIpc) is 2.69. The normalized spacial score (nSPS) is 19.2. The molecule has 1 unspecified atom stereocenters. The third-order valence-electron chi connectivity index (χ3n) is 2.63. The van der Waals surface area contributed by atoms with Crippen LogP contribution in [0.25, 0.3) is 0 Å². The third-order valence-corrected chi connectivity index (χ3v) is 3.90. The first-order valence-electron chi connectivity index (χ1n) is 5.97. The second-order valence-corrected chi connectivity index (χ2v) is 6.22. The highest BCUT2D eigenvalue weighted by Crippen LogP contribution is 2.26. The number of anilines is 1. The Hall–Kier alpha value is -0.740. The minimum atomic E-state index is -0.349. The van der Waals surface area contributed by atoms with Crippen LogP contribution in [-0.4, -0.2) is 17.0 Å². The number of nitrogens with zero attached hydrogens (tertiary/aromatic N) is 1. The van der Waals surface area contributed by atoms with Crippen molar-refractivity contribution in [2.24, 2.45) is 10.9 Å². The van der Waals surface area contributed by atoms with Gasteiger partial charge >= 0.3 is 0 Å². The zero-order chi connectivity index (χ0) is 13.1. The number of rotatable bonds is 3. The highest BCUT2D eigenvalue weighted by atomic mass is 35.5. The molecule has 1 atom stereocenters. The summed E-state index contributed by atoms with van der Waals surface area (Å²) in [5.41, 5.74) is 0.427. The second kappa shape index (κ2) is 5.93. The van der Waals surface area contributed by atoms with E-state index in [4.69, 9.17) is 11.6 Å². The van der Waals surface area contributed by atoms with E-state index in [9.17, 15) is 4.39 Å². The Bertz CT molecular complexity index is 462. The minimum Gasteiger partial charge on any atom is -0.333 e. The van der Waals surface area contributed by atoms with E-state index in [0.29, 0.717) is 22.7 Å². The lowest BCUT2D eigenvalue weighted by Crippen LogP contribution is -2.08. The molecule has 18 heavy (non-hydrogen) atoms. The Kier molecular flexibility index (Phi) is 4.51. The van der Waals surface area contributed by atoms with Gasteiger partial charge in [0, 0.05) is 10.8 Å². The van der Waals surface area contributed by atoms with E-state index < -0.39 is 0 Å². The summed E-state index contributed by atoms with van der Waals surface area (Å²) in [7, 11) is 0. The molecule has 1 aliphatic heterocycles. The molecule has 1 aliphatic rings. The lowest BCUT2D eigenvalue weighted by atomic mass is 10.1. The average molecular weight is 287 g/mol. The fourth-order valence-electron chi connectivity index (χ4n) is 1.85. The number of aliphatic imine (C=N–C) groups is 1. The van der Waals surface area contributed by atoms with E-state index in [2.05, 4.69) is 24.2 Å². The van der Waals surface area contributed by atoms with Crippen LogP contribution in [0, 0.1) is 11.7 Å². The van der Waals surface area contributed by atoms with Gasteiger partial charge in [0.2, 0.25) is 0 Å². The van der Waals surface area contributed by atoms with E-state index in [1.807, 2.05) is 0 Å². The maximum absolute atomic E-state index is 13.6. The van der Waals surface area contributed by atoms with Gasteiger partial charge in [-0.05, 0) is 30.5 Å². The summed E-state index contributed by atoms with van der Waals surface area (Å²) in [5, 5.41) is 4.21. The minimum absolute atomic E-state index is 0.341. The smallest absolute Gasteiger partial charge is 0.161 e. The molecule has 2 nitrogen and oxygen atoms in total. The monoisotopic (exact) mass is 286 g/mol. The van der Waals surface area contributed by atoms with E-state index in [0.717, 1.165) is 17.3 Å². The maximum atomic E-state index is 13.6. The highest BCUT2D eigenvalue weighted by molar-refractivity contribution is 8.14. The first kappa shape index (κ1) is 13.7. The number of hydrogen-bond acceptors (Lipinski definition) is 3. The van der Waals surface area contributed by atoms with Gasteiger partial charge in [0.15, 0.2) is 5.17 Å². The molecule has 0 saturated carbocycles. The number of hydrogen-bond donors (Lipinski definition) is 1. The molecule has 0 saturated heterocycles. The van der Waals surface area contributed by atoms with Crippen molar-refractivity contribution in [1.82, 2.24) is 0 Å². The number of halogens is 2. The van der Waals surface area contributed by atoms with Crippen LogP contribution in [0.3, 0.4) is 0 Å². The SMILES string of the molecule is CC(C)CC1CSC(Nc2ccc(Cl)cc2F)=N1. The van der Waals surface area contributed by atoms with Crippen molar-refractivity contribution < 1.29 is 4.39 Å². The summed E-state index contributed by atoms with van der Waals surface area (Å²) < 4.78 is 13.6. The van der Waals surface area contributed by atoms with Crippen LogP contribution in [0.4, 0.5) is 10.1 Å². The Balaban J connectivity index is 2.02. The number of benzene rings is 1. The van der Waals surface area contributed by atoms with Crippen molar-refractivity contribution in [2.75, 3.05) is 11.1 Å². The van der Waals surface area contributed by atoms with Crippen LogP contribution < -0.4 is 5.32 Å². The summed E-state index contributed by atoms with van der Waals surface area (Å²) in [4.78, 5) is 4.56. The summed E-state index contributed by atoms with van der Waals surface area (Å²) in [6.45, 7) is 4.37. The Morgan fingerprint density at radius 2 is 2.33 bits per heavy atom. The molecule has 5 heteroatoms. The van der Waals surface area contributed by atoms with E-state index >= 15 is 0 Å². The molecule has 1 aromatic carbocycles. The second-order valence-electron chi connectivity index (χ2n) is 4.78. The molecule has 0 radical (unpaired) electrons. The summed E-state index contributed by atoms with van der Waals surface area (Å²) in [6, 6.07) is 4.94. The van der Waals surface area contributed by atoms with Crippen molar-refractivity contribution in [3.8, 4) is 0 Å². The van der Waals surface area contributed by atoms with Crippen molar-refractivity contribution in [3.63, 3.8) is 0 Å². The molecule has 1 N–H and O–H groups in total.